The van der Waals surface area contributed by atoms with Crippen molar-refractivity contribution in [3.05, 3.63) is 35.1 Å². The molecule has 0 radical (unpaired) electrons. The summed E-state index contributed by atoms with van der Waals surface area (Å²) in [5.74, 6) is 0.821. The molecule has 0 fully saturated rings. The van der Waals surface area contributed by atoms with E-state index in [0.717, 1.165) is 0 Å². The van der Waals surface area contributed by atoms with Gasteiger partial charge in [-0.2, -0.15) is 4.72 Å². The van der Waals surface area contributed by atoms with E-state index in [4.69, 9.17) is 9.26 Å². The predicted molar refractivity (Wildman–Crippen MR) is 92.1 cm³/mol. The van der Waals surface area contributed by atoms with Gasteiger partial charge in [0.15, 0.2) is 5.82 Å². The molecule has 0 aliphatic heterocycles. The molecule has 25 heavy (non-hydrogen) atoms. The van der Waals surface area contributed by atoms with Gasteiger partial charge in [0.05, 0.1) is 18.0 Å². The minimum atomic E-state index is -3.88. The molecule has 9 heteroatoms. The maximum atomic E-state index is 12.6. The first-order valence-electron chi connectivity index (χ1n) is 7.56. The van der Waals surface area contributed by atoms with Crippen molar-refractivity contribution in [2.45, 2.75) is 38.6 Å². The molecule has 1 aromatic carbocycles. The number of amides is 1. The van der Waals surface area contributed by atoms with E-state index in [2.05, 4.69) is 15.2 Å². The van der Waals surface area contributed by atoms with Gasteiger partial charge in [0.25, 0.3) is 0 Å². The van der Waals surface area contributed by atoms with E-state index in [1.807, 2.05) is 0 Å². The molecule has 1 heterocycles. The molecular weight excluding hydrogens is 346 g/mol. The Kier molecular flexibility index (Phi) is 5.48. The van der Waals surface area contributed by atoms with Crippen molar-refractivity contribution in [2.24, 2.45) is 0 Å². The number of carbonyl (C=O) groups is 1. The summed E-state index contributed by atoms with van der Waals surface area (Å²) in [6, 6.07) is 3.70. The summed E-state index contributed by atoms with van der Waals surface area (Å²) in [6.45, 7) is 6.55. The third-order valence-corrected chi connectivity index (χ3v) is 5.27. The van der Waals surface area contributed by atoms with Crippen molar-refractivity contribution in [3.8, 4) is 5.75 Å². The molecule has 0 saturated heterocycles. The molecule has 8 nitrogen and oxygen atoms in total. The SMILES string of the molecule is COc1cc(C)c(S(=O)(=O)N[C@@H](C)C(=O)Nc2cc(C)on2)cc1C. The number of hydrogen-bond donors (Lipinski definition) is 2. The van der Waals surface area contributed by atoms with Crippen LogP contribution in [0.1, 0.15) is 23.8 Å². The van der Waals surface area contributed by atoms with Gasteiger partial charge in [0, 0.05) is 6.07 Å². The molecule has 0 unspecified atom stereocenters. The molecule has 0 spiro atoms. The predicted octanol–water partition coefficient (Wildman–Crippen LogP) is 1.91. The van der Waals surface area contributed by atoms with Gasteiger partial charge in [0.1, 0.15) is 11.5 Å². The van der Waals surface area contributed by atoms with Crippen LogP contribution in [0.3, 0.4) is 0 Å². The number of sulfonamides is 1. The van der Waals surface area contributed by atoms with Gasteiger partial charge in [-0.05, 0) is 51.0 Å². The number of ether oxygens (including phenoxy) is 1. The third kappa shape index (κ3) is 4.37. The first kappa shape index (κ1) is 18.9. The van der Waals surface area contributed by atoms with Gasteiger partial charge in [0.2, 0.25) is 15.9 Å². The van der Waals surface area contributed by atoms with Crippen molar-refractivity contribution in [3.63, 3.8) is 0 Å². The average molecular weight is 367 g/mol. The quantitative estimate of drug-likeness (QED) is 0.807. The van der Waals surface area contributed by atoms with Crippen molar-refractivity contribution in [1.29, 1.82) is 0 Å². The van der Waals surface area contributed by atoms with E-state index in [9.17, 15) is 13.2 Å². The van der Waals surface area contributed by atoms with Crippen molar-refractivity contribution in [1.82, 2.24) is 9.88 Å². The molecule has 2 rings (SSSR count). The zero-order chi connectivity index (χ0) is 18.8. The molecule has 1 atom stereocenters. The van der Waals surface area contributed by atoms with Crippen molar-refractivity contribution >= 4 is 21.7 Å². The summed E-state index contributed by atoms with van der Waals surface area (Å²) in [7, 11) is -2.36. The first-order valence-corrected chi connectivity index (χ1v) is 9.04. The van der Waals surface area contributed by atoms with E-state index >= 15 is 0 Å². The second-order valence-electron chi connectivity index (χ2n) is 5.74. The lowest BCUT2D eigenvalue weighted by atomic mass is 10.1. The number of hydrogen-bond acceptors (Lipinski definition) is 6. The summed E-state index contributed by atoms with van der Waals surface area (Å²) >= 11 is 0. The monoisotopic (exact) mass is 367 g/mol. The minimum Gasteiger partial charge on any atom is -0.496 e. The molecule has 136 valence electrons. The lowest BCUT2D eigenvalue weighted by Crippen LogP contribution is -2.41. The number of nitrogens with one attached hydrogen (secondary N) is 2. The van der Waals surface area contributed by atoms with Gasteiger partial charge in [-0.1, -0.05) is 5.16 Å². The van der Waals surface area contributed by atoms with Gasteiger partial charge < -0.3 is 14.6 Å². The molecule has 0 aliphatic rings. The standard InChI is InChI=1S/C16H21N3O5S/c1-9-7-14(10(2)6-13(9)23-5)25(21,22)19-12(4)16(20)17-15-8-11(3)24-18-15/h6-8,12,19H,1-5H3,(H,17,18,20)/t12-/m0/s1. The van der Waals surface area contributed by atoms with E-state index in [0.29, 0.717) is 22.6 Å². The Hall–Kier alpha value is -2.39. The van der Waals surface area contributed by atoms with Gasteiger partial charge in [-0.3, -0.25) is 4.79 Å². The number of methoxy groups -OCH3 is 1. The van der Waals surface area contributed by atoms with E-state index < -0.39 is 22.0 Å². The Bertz CT molecular complexity index is 889. The molecule has 2 aromatic rings. The summed E-state index contributed by atoms with van der Waals surface area (Å²) in [5, 5.41) is 6.13. The molecule has 2 N–H and O–H groups in total. The van der Waals surface area contributed by atoms with Crippen LogP contribution in [0.15, 0.2) is 27.6 Å². The maximum absolute atomic E-state index is 12.6. The number of anilines is 1. The maximum Gasteiger partial charge on any atom is 0.243 e. The Morgan fingerprint density at radius 2 is 1.88 bits per heavy atom. The third-order valence-electron chi connectivity index (χ3n) is 3.59. The number of rotatable bonds is 6. The number of nitrogens with zero attached hydrogens (tertiary/aromatic N) is 1. The highest BCUT2D eigenvalue weighted by molar-refractivity contribution is 7.89. The van der Waals surface area contributed by atoms with Crippen LogP contribution in [0.5, 0.6) is 5.75 Å². The molecule has 0 bridgehead atoms. The summed E-state index contributed by atoms with van der Waals surface area (Å²) in [6.07, 6.45) is 0. The Morgan fingerprint density at radius 1 is 1.20 bits per heavy atom. The highest BCUT2D eigenvalue weighted by atomic mass is 32.2. The van der Waals surface area contributed by atoms with Gasteiger partial charge >= 0.3 is 0 Å². The molecule has 1 aromatic heterocycles. The van der Waals surface area contributed by atoms with Crippen molar-refractivity contribution < 1.29 is 22.5 Å². The van der Waals surface area contributed by atoms with Crippen LogP contribution in [-0.2, 0) is 14.8 Å². The Balaban J connectivity index is 2.17. The van der Waals surface area contributed by atoms with Crippen LogP contribution in [0, 0.1) is 20.8 Å². The Morgan fingerprint density at radius 3 is 2.44 bits per heavy atom. The minimum absolute atomic E-state index is 0.0998. The lowest BCUT2D eigenvalue weighted by Gasteiger charge is -2.16. The normalized spacial score (nSPS) is 12.7. The second kappa shape index (κ2) is 7.24. The van der Waals surface area contributed by atoms with E-state index in [-0.39, 0.29) is 10.7 Å². The zero-order valence-corrected chi connectivity index (χ0v) is 15.5. The van der Waals surface area contributed by atoms with Crippen molar-refractivity contribution in [2.75, 3.05) is 12.4 Å². The molecule has 1 amide bonds. The van der Waals surface area contributed by atoms with E-state index in [1.54, 1.807) is 26.8 Å². The summed E-state index contributed by atoms with van der Waals surface area (Å²) < 4.78 is 37.6. The molecule has 0 aliphatic carbocycles. The second-order valence-corrected chi connectivity index (χ2v) is 7.42. The fraction of sp³-hybridized carbons (Fsp3) is 0.375. The highest BCUT2D eigenvalue weighted by Gasteiger charge is 2.25. The fourth-order valence-corrected chi connectivity index (χ4v) is 3.80. The highest BCUT2D eigenvalue weighted by Crippen LogP contribution is 2.25. The van der Waals surface area contributed by atoms with Crippen LogP contribution >= 0.6 is 0 Å². The lowest BCUT2D eigenvalue weighted by molar-refractivity contribution is -0.117. The molecule has 0 saturated carbocycles. The van der Waals surface area contributed by atoms with Crippen LogP contribution in [0.25, 0.3) is 0 Å². The fourth-order valence-electron chi connectivity index (χ4n) is 2.28. The van der Waals surface area contributed by atoms with E-state index in [1.165, 1.54) is 26.2 Å². The number of carbonyl (C=O) groups excluding carboxylic acids is 1. The summed E-state index contributed by atoms with van der Waals surface area (Å²) in [4.78, 5) is 12.2. The van der Waals surface area contributed by atoms with Crippen LogP contribution < -0.4 is 14.8 Å². The molecular formula is C16H21N3O5S. The number of aromatic nitrogens is 1. The smallest absolute Gasteiger partial charge is 0.243 e. The Labute approximate surface area is 146 Å². The van der Waals surface area contributed by atoms with Crippen LogP contribution in [0.2, 0.25) is 0 Å². The average Bonchev–Trinajstić information content (AvgIpc) is 2.93. The van der Waals surface area contributed by atoms with Gasteiger partial charge in [-0.15, -0.1) is 0 Å². The zero-order valence-electron chi connectivity index (χ0n) is 14.7. The number of benzene rings is 1. The summed E-state index contributed by atoms with van der Waals surface area (Å²) in [5.41, 5.74) is 1.21. The first-order chi connectivity index (χ1) is 11.6. The van der Waals surface area contributed by atoms with Gasteiger partial charge in [-0.25, -0.2) is 8.42 Å². The topological polar surface area (TPSA) is 111 Å². The number of aryl methyl sites for hydroxylation is 3. The largest absolute Gasteiger partial charge is 0.496 e. The van der Waals surface area contributed by atoms with Crippen LogP contribution in [0.4, 0.5) is 5.82 Å². The van der Waals surface area contributed by atoms with Crippen LogP contribution in [-0.4, -0.2) is 32.6 Å².